The van der Waals surface area contributed by atoms with Crippen molar-refractivity contribution in [3.8, 4) is 0 Å². The number of aliphatic hydroxyl groups excluding tert-OH is 1. The lowest BCUT2D eigenvalue weighted by Crippen LogP contribution is -2.47. The number of piperidine rings is 1. The first-order valence-electron chi connectivity index (χ1n) is 12.2. The van der Waals surface area contributed by atoms with Gasteiger partial charge < -0.3 is 20.2 Å². The standard InChI is InChI=1S/C25H32N8O2/c1-2-23(35)32-9-3-4-19(17-32)22-16-27-33-18-26-25(29-24(22)33)28-20-5-7-21(8-6-20)31-12-10-30(11-13-31)14-15-34/h2,5-8,16,18-19,34H,1,3-4,9-15,17H2,(H,28,29). The Balaban J connectivity index is 1.27. The van der Waals surface area contributed by atoms with Crippen LogP contribution >= 0.6 is 0 Å². The van der Waals surface area contributed by atoms with E-state index in [1.54, 1.807) is 10.8 Å². The predicted octanol–water partition coefficient (Wildman–Crippen LogP) is 1.87. The smallest absolute Gasteiger partial charge is 0.245 e. The van der Waals surface area contributed by atoms with Gasteiger partial charge in [0.15, 0.2) is 5.65 Å². The van der Waals surface area contributed by atoms with E-state index in [4.69, 9.17) is 10.1 Å². The van der Waals surface area contributed by atoms with E-state index < -0.39 is 0 Å². The Labute approximate surface area is 204 Å². The number of hydrogen-bond acceptors (Lipinski definition) is 8. The van der Waals surface area contributed by atoms with Crippen LogP contribution in [0.25, 0.3) is 5.65 Å². The summed E-state index contributed by atoms with van der Waals surface area (Å²) in [5.41, 5.74) is 3.90. The van der Waals surface area contributed by atoms with E-state index >= 15 is 0 Å². The number of hydrogen-bond donors (Lipinski definition) is 2. The van der Waals surface area contributed by atoms with Gasteiger partial charge in [0.05, 0.1) is 12.8 Å². The maximum atomic E-state index is 12.1. The van der Waals surface area contributed by atoms with Gasteiger partial charge in [0.1, 0.15) is 6.33 Å². The minimum atomic E-state index is -0.0290. The molecule has 0 aliphatic carbocycles. The Kier molecular flexibility index (Phi) is 6.91. The number of anilines is 3. The number of aliphatic hydroxyl groups is 1. The van der Waals surface area contributed by atoms with Gasteiger partial charge in [-0.1, -0.05) is 6.58 Å². The number of rotatable bonds is 7. The summed E-state index contributed by atoms with van der Waals surface area (Å²) in [7, 11) is 0. The third-order valence-electron chi connectivity index (χ3n) is 6.92. The van der Waals surface area contributed by atoms with Crippen LogP contribution < -0.4 is 10.2 Å². The number of likely N-dealkylation sites (tertiary alicyclic amines) is 1. The van der Waals surface area contributed by atoms with Crippen LogP contribution in [0.2, 0.25) is 0 Å². The molecule has 10 heteroatoms. The number of carbonyl (C=O) groups excluding carboxylic acids is 1. The lowest BCUT2D eigenvalue weighted by atomic mass is 9.92. The van der Waals surface area contributed by atoms with E-state index in [0.29, 0.717) is 12.5 Å². The summed E-state index contributed by atoms with van der Waals surface area (Å²) < 4.78 is 1.69. The van der Waals surface area contributed by atoms with Crippen molar-refractivity contribution in [2.75, 3.05) is 62.6 Å². The molecule has 4 heterocycles. The van der Waals surface area contributed by atoms with Crippen LogP contribution in [0.1, 0.15) is 24.3 Å². The molecule has 10 nitrogen and oxygen atoms in total. The maximum absolute atomic E-state index is 12.1. The Morgan fingerprint density at radius 2 is 1.97 bits per heavy atom. The van der Waals surface area contributed by atoms with E-state index in [9.17, 15) is 4.79 Å². The maximum Gasteiger partial charge on any atom is 0.245 e. The Morgan fingerprint density at radius 1 is 1.17 bits per heavy atom. The molecule has 2 fully saturated rings. The van der Waals surface area contributed by atoms with Crippen LogP contribution in [0.15, 0.2) is 49.4 Å². The van der Waals surface area contributed by atoms with Crippen molar-refractivity contribution < 1.29 is 9.90 Å². The van der Waals surface area contributed by atoms with Crippen LogP contribution in [0.3, 0.4) is 0 Å². The van der Waals surface area contributed by atoms with Gasteiger partial charge in [-0.2, -0.15) is 10.1 Å². The first kappa shape index (κ1) is 23.3. The van der Waals surface area contributed by atoms with Crippen molar-refractivity contribution in [3.63, 3.8) is 0 Å². The van der Waals surface area contributed by atoms with Crippen molar-refractivity contribution in [2.45, 2.75) is 18.8 Å². The minimum Gasteiger partial charge on any atom is -0.395 e. The van der Waals surface area contributed by atoms with E-state index in [-0.39, 0.29) is 18.4 Å². The summed E-state index contributed by atoms with van der Waals surface area (Å²) >= 11 is 0. The van der Waals surface area contributed by atoms with Gasteiger partial charge in [-0.05, 0) is 43.2 Å². The fraction of sp³-hybridized carbons (Fsp3) is 0.440. The summed E-state index contributed by atoms with van der Waals surface area (Å²) in [6.07, 6.45) is 6.83. The second kappa shape index (κ2) is 10.4. The van der Waals surface area contributed by atoms with Gasteiger partial charge in [-0.25, -0.2) is 9.50 Å². The molecular weight excluding hydrogens is 444 g/mol. The number of aromatic nitrogens is 4. The van der Waals surface area contributed by atoms with E-state index in [0.717, 1.165) is 69.0 Å². The van der Waals surface area contributed by atoms with Crippen LogP contribution in [0.4, 0.5) is 17.3 Å². The number of nitrogens with zero attached hydrogens (tertiary/aromatic N) is 7. The quantitative estimate of drug-likeness (QED) is 0.499. The molecule has 2 aliphatic rings. The highest BCUT2D eigenvalue weighted by atomic mass is 16.3. The molecular formula is C25H32N8O2. The van der Waals surface area contributed by atoms with E-state index in [1.165, 1.54) is 11.8 Å². The average Bonchev–Trinajstić information content (AvgIpc) is 3.33. The van der Waals surface area contributed by atoms with Crippen molar-refractivity contribution in [2.24, 2.45) is 0 Å². The predicted molar refractivity (Wildman–Crippen MR) is 135 cm³/mol. The largest absolute Gasteiger partial charge is 0.395 e. The van der Waals surface area contributed by atoms with Gasteiger partial charge in [-0.3, -0.25) is 9.69 Å². The number of amides is 1. The van der Waals surface area contributed by atoms with Gasteiger partial charge in [-0.15, -0.1) is 0 Å². The van der Waals surface area contributed by atoms with Crippen LogP contribution in [-0.2, 0) is 4.79 Å². The highest BCUT2D eigenvalue weighted by Crippen LogP contribution is 2.30. The van der Waals surface area contributed by atoms with Crippen molar-refractivity contribution in [1.29, 1.82) is 0 Å². The monoisotopic (exact) mass is 476 g/mol. The summed E-state index contributed by atoms with van der Waals surface area (Å²) in [5, 5.41) is 16.9. The molecule has 1 aromatic carbocycles. The number of fused-ring (bicyclic) bond motifs is 1. The van der Waals surface area contributed by atoms with Crippen LogP contribution in [0, 0.1) is 0 Å². The molecule has 0 saturated carbocycles. The SMILES string of the molecule is C=CC(=O)N1CCCC(c2cnn3cnc(Nc4ccc(N5CCN(CCO)CC5)cc4)nc23)C1. The number of benzene rings is 1. The first-order chi connectivity index (χ1) is 17.1. The lowest BCUT2D eigenvalue weighted by molar-refractivity contribution is -0.127. The number of nitrogens with one attached hydrogen (secondary N) is 1. The fourth-order valence-corrected chi connectivity index (χ4v) is 4.97. The van der Waals surface area contributed by atoms with Gasteiger partial charge in [0.25, 0.3) is 0 Å². The molecule has 2 aromatic heterocycles. The van der Waals surface area contributed by atoms with Crippen molar-refractivity contribution in [1.82, 2.24) is 29.4 Å². The highest BCUT2D eigenvalue weighted by Gasteiger charge is 2.26. The van der Waals surface area contributed by atoms with Gasteiger partial charge in [0, 0.05) is 68.7 Å². The second-order valence-electron chi connectivity index (χ2n) is 9.10. The zero-order valence-corrected chi connectivity index (χ0v) is 19.9. The molecule has 2 aliphatic heterocycles. The average molecular weight is 477 g/mol. The molecule has 2 N–H and O–H groups in total. The zero-order chi connectivity index (χ0) is 24.2. The summed E-state index contributed by atoms with van der Waals surface area (Å²) in [5.74, 6) is 0.670. The number of β-amino-alcohol motifs (C(OH)–C–C–N with tert-alkyl or cyclic N) is 1. The van der Waals surface area contributed by atoms with Crippen LogP contribution in [-0.4, -0.2) is 92.8 Å². The molecule has 2 saturated heterocycles. The topological polar surface area (TPSA) is 102 Å². The first-order valence-corrected chi connectivity index (χ1v) is 12.2. The second-order valence-corrected chi connectivity index (χ2v) is 9.10. The molecule has 35 heavy (non-hydrogen) atoms. The molecule has 184 valence electrons. The molecule has 0 spiro atoms. The van der Waals surface area contributed by atoms with Gasteiger partial charge in [0.2, 0.25) is 11.9 Å². The van der Waals surface area contributed by atoms with Gasteiger partial charge >= 0.3 is 0 Å². The minimum absolute atomic E-state index is 0.0290. The summed E-state index contributed by atoms with van der Waals surface area (Å²) in [6, 6.07) is 8.31. The van der Waals surface area contributed by atoms with E-state index in [2.05, 4.69) is 43.9 Å². The molecule has 3 aromatic rings. The summed E-state index contributed by atoms with van der Waals surface area (Å²) in [4.78, 5) is 27.8. The number of piperazine rings is 1. The highest BCUT2D eigenvalue weighted by molar-refractivity contribution is 5.87. The van der Waals surface area contributed by atoms with Crippen molar-refractivity contribution >= 4 is 28.9 Å². The lowest BCUT2D eigenvalue weighted by Gasteiger charge is -2.35. The molecule has 1 amide bonds. The van der Waals surface area contributed by atoms with E-state index in [1.807, 2.05) is 23.2 Å². The number of carbonyl (C=O) groups is 1. The third-order valence-corrected chi connectivity index (χ3v) is 6.92. The fourth-order valence-electron chi connectivity index (χ4n) is 4.97. The Hall–Kier alpha value is -3.50. The molecule has 1 unspecified atom stereocenters. The van der Waals surface area contributed by atoms with Crippen LogP contribution in [0.5, 0.6) is 0 Å². The molecule has 1 atom stereocenters. The molecule has 0 radical (unpaired) electrons. The third kappa shape index (κ3) is 5.13. The molecule has 0 bridgehead atoms. The molecule has 5 rings (SSSR count). The Morgan fingerprint density at radius 3 is 2.71 bits per heavy atom. The van der Waals surface area contributed by atoms with Crippen molar-refractivity contribution in [3.05, 3.63) is 55.0 Å². The summed E-state index contributed by atoms with van der Waals surface area (Å²) in [6.45, 7) is 9.80. The Bertz CT molecular complexity index is 1170. The zero-order valence-electron chi connectivity index (χ0n) is 19.9. The normalized spacial score (nSPS) is 19.2.